The Kier molecular flexibility index (Phi) is 7.83. The van der Waals surface area contributed by atoms with Crippen LogP contribution in [-0.4, -0.2) is 81.3 Å². The highest BCUT2D eigenvalue weighted by atomic mass is 35.5. The van der Waals surface area contributed by atoms with E-state index in [1.807, 2.05) is 23.1 Å². The summed E-state index contributed by atoms with van der Waals surface area (Å²) in [4.78, 5) is 20.8. The highest BCUT2D eigenvalue weighted by Gasteiger charge is 2.37. The molecule has 0 aromatic heterocycles. The number of guanidine groups is 1. The molecule has 1 N–H and O–H groups in total. The second-order valence-electron chi connectivity index (χ2n) is 7.90. The predicted molar refractivity (Wildman–Crippen MR) is 120 cm³/mol. The number of amides is 1. The zero-order valence-electron chi connectivity index (χ0n) is 18.2. The number of hydrogen-bond donors (Lipinski definition) is 1. The van der Waals surface area contributed by atoms with Gasteiger partial charge in [0.1, 0.15) is 5.75 Å². The Morgan fingerprint density at radius 1 is 1.23 bits per heavy atom. The van der Waals surface area contributed by atoms with Crippen LogP contribution in [0.4, 0.5) is 0 Å². The van der Waals surface area contributed by atoms with Crippen LogP contribution in [0.25, 0.3) is 0 Å². The molecule has 30 heavy (non-hydrogen) atoms. The predicted octanol–water partition coefficient (Wildman–Crippen LogP) is 2.53. The van der Waals surface area contributed by atoms with E-state index in [4.69, 9.17) is 26.1 Å². The Balaban J connectivity index is 1.85. The van der Waals surface area contributed by atoms with E-state index in [2.05, 4.69) is 17.1 Å². The summed E-state index contributed by atoms with van der Waals surface area (Å²) < 4.78 is 11.3. The zero-order chi connectivity index (χ0) is 21.6. The van der Waals surface area contributed by atoms with Crippen molar-refractivity contribution in [1.29, 1.82) is 0 Å². The molecule has 2 fully saturated rings. The topological polar surface area (TPSA) is 66.4 Å². The lowest BCUT2D eigenvalue weighted by Gasteiger charge is -2.39. The maximum Gasteiger partial charge on any atom is 0.219 e. The van der Waals surface area contributed by atoms with E-state index in [1.54, 1.807) is 14.0 Å². The molecule has 0 radical (unpaired) electrons. The number of halogens is 1. The number of nitrogens with one attached hydrogen (secondary N) is 1. The first-order valence-electron chi connectivity index (χ1n) is 10.7. The number of benzene rings is 1. The van der Waals surface area contributed by atoms with Crippen molar-refractivity contribution in [2.24, 2.45) is 4.99 Å². The van der Waals surface area contributed by atoms with Gasteiger partial charge in [-0.15, -0.1) is 0 Å². The zero-order valence-corrected chi connectivity index (χ0v) is 19.0. The van der Waals surface area contributed by atoms with E-state index >= 15 is 0 Å². The number of nitrogens with zero attached hydrogens (tertiary/aromatic N) is 3. The van der Waals surface area contributed by atoms with Crippen LogP contribution in [0.2, 0.25) is 5.02 Å². The Morgan fingerprint density at radius 2 is 1.90 bits per heavy atom. The van der Waals surface area contributed by atoms with Gasteiger partial charge in [-0.1, -0.05) is 11.6 Å². The van der Waals surface area contributed by atoms with Gasteiger partial charge in [-0.25, -0.2) is 0 Å². The normalized spacial score (nSPS) is 19.5. The van der Waals surface area contributed by atoms with Gasteiger partial charge in [0, 0.05) is 68.9 Å². The third kappa shape index (κ3) is 5.19. The van der Waals surface area contributed by atoms with Crippen LogP contribution >= 0.6 is 11.6 Å². The minimum absolute atomic E-state index is 0.130. The van der Waals surface area contributed by atoms with Crippen molar-refractivity contribution in [3.63, 3.8) is 0 Å². The first-order valence-corrected chi connectivity index (χ1v) is 11.1. The second-order valence-corrected chi connectivity index (χ2v) is 8.34. The Labute approximate surface area is 184 Å². The molecule has 0 saturated carbocycles. The molecule has 1 aromatic rings. The molecule has 2 aliphatic rings. The maximum absolute atomic E-state index is 11.6. The fourth-order valence-corrected chi connectivity index (χ4v) is 4.43. The van der Waals surface area contributed by atoms with Crippen LogP contribution < -0.4 is 10.1 Å². The van der Waals surface area contributed by atoms with Crippen molar-refractivity contribution >= 4 is 23.5 Å². The van der Waals surface area contributed by atoms with Crippen LogP contribution in [0.3, 0.4) is 0 Å². The fraction of sp³-hybridized carbons (Fsp3) is 0.636. The monoisotopic (exact) mass is 436 g/mol. The lowest BCUT2D eigenvalue weighted by atomic mass is 9.73. The molecule has 166 valence electrons. The summed E-state index contributed by atoms with van der Waals surface area (Å²) >= 11 is 6.35. The van der Waals surface area contributed by atoms with Crippen molar-refractivity contribution in [2.45, 2.75) is 32.1 Å². The van der Waals surface area contributed by atoms with Gasteiger partial charge in [0.2, 0.25) is 5.91 Å². The lowest BCUT2D eigenvalue weighted by molar-refractivity contribution is -0.130. The van der Waals surface area contributed by atoms with Gasteiger partial charge >= 0.3 is 0 Å². The van der Waals surface area contributed by atoms with Crippen molar-refractivity contribution in [3.8, 4) is 5.75 Å². The Bertz CT molecular complexity index is 757. The molecular formula is C22H33ClN4O3. The van der Waals surface area contributed by atoms with E-state index < -0.39 is 0 Å². The number of hydrogen-bond acceptors (Lipinski definition) is 4. The number of carbonyl (C=O) groups is 1. The molecule has 7 nitrogen and oxygen atoms in total. The molecule has 1 aromatic carbocycles. The van der Waals surface area contributed by atoms with E-state index in [1.165, 1.54) is 0 Å². The lowest BCUT2D eigenvalue weighted by Crippen LogP contribution is -2.53. The smallest absolute Gasteiger partial charge is 0.219 e. The van der Waals surface area contributed by atoms with Crippen LogP contribution in [0.5, 0.6) is 5.75 Å². The van der Waals surface area contributed by atoms with E-state index in [0.717, 1.165) is 62.8 Å². The van der Waals surface area contributed by atoms with Gasteiger partial charge < -0.3 is 24.6 Å². The van der Waals surface area contributed by atoms with Crippen LogP contribution in [0.15, 0.2) is 23.2 Å². The summed E-state index contributed by atoms with van der Waals surface area (Å²) in [5.41, 5.74) is 0.915. The van der Waals surface area contributed by atoms with Crippen LogP contribution in [-0.2, 0) is 14.9 Å². The minimum atomic E-state index is -0.184. The van der Waals surface area contributed by atoms with Crippen LogP contribution in [0, 0.1) is 0 Å². The summed E-state index contributed by atoms with van der Waals surface area (Å²) in [5.74, 6) is 1.87. The van der Waals surface area contributed by atoms with Crippen molar-refractivity contribution in [2.75, 3.05) is 59.6 Å². The van der Waals surface area contributed by atoms with Gasteiger partial charge in [0.15, 0.2) is 5.96 Å². The fourth-order valence-electron chi connectivity index (χ4n) is 4.25. The molecule has 0 aliphatic carbocycles. The number of ether oxygens (including phenoxy) is 2. The summed E-state index contributed by atoms with van der Waals surface area (Å²) in [6.45, 7) is 9.52. The maximum atomic E-state index is 11.6. The summed E-state index contributed by atoms with van der Waals surface area (Å²) in [7, 11) is 1.70. The molecular weight excluding hydrogens is 404 g/mol. The van der Waals surface area contributed by atoms with Gasteiger partial charge in [0.05, 0.1) is 13.7 Å². The minimum Gasteiger partial charge on any atom is -0.496 e. The second kappa shape index (κ2) is 10.4. The first kappa shape index (κ1) is 22.7. The number of methoxy groups -OCH3 is 1. The number of carbonyl (C=O) groups excluding carboxylic acids is 1. The SMILES string of the molecule is CCNC(=NCC1(c2cc(Cl)ccc2OC)CCOCC1)N1CCN(C(C)=O)CC1. The third-order valence-electron chi connectivity index (χ3n) is 6.07. The van der Waals surface area contributed by atoms with E-state index in [0.29, 0.717) is 24.8 Å². The number of rotatable bonds is 5. The summed E-state index contributed by atoms with van der Waals surface area (Å²) in [6.07, 6.45) is 1.73. The standard InChI is InChI=1S/C22H33ClN4O3/c1-4-24-21(27-11-9-26(10-12-27)17(2)28)25-16-22(7-13-30-14-8-22)19-15-18(23)5-6-20(19)29-3/h5-6,15H,4,7-14,16H2,1-3H3,(H,24,25). The highest BCUT2D eigenvalue weighted by Crippen LogP contribution is 2.41. The van der Waals surface area contributed by atoms with Gasteiger partial charge in [-0.2, -0.15) is 0 Å². The molecule has 2 heterocycles. The van der Waals surface area contributed by atoms with Crippen molar-refractivity contribution in [3.05, 3.63) is 28.8 Å². The van der Waals surface area contributed by atoms with Crippen molar-refractivity contribution in [1.82, 2.24) is 15.1 Å². The molecule has 2 saturated heterocycles. The van der Waals surface area contributed by atoms with Gasteiger partial charge in [-0.3, -0.25) is 9.79 Å². The quantitative estimate of drug-likeness (QED) is 0.567. The molecule has 3 rings (SSSR count). The molecule has 0 spiro atoms. The van der Waals surface area contributed by atoms with Gasteiger partial charge in [-0.05, 0) is 38.0 Å². The molecule has 0 unspecified atom stereocenters. The van der Waals surface area contributed by atoms with Gasteiger partial charge in [0.25, 0.3) is 0 Å². The molecule has 8 heteroatoms. The Morgan fingerprint density at radius 3 is 2.50 bits per heavy atom. The van der Waals surface area contributed by atoms with E-state index in [9.17, 15) is 4.79 Å². The Hall–Kier alpha value is -1.99. The molecule has 0 atom stereocenters. The summed E-state index contributed by atoms with van der Waals surface area (Å²) in [5, 5.41) is 4.13. The van der Waals surface area contributed by atoms with Crippen LogP contribution in [0.1, 0.15) is 32.3 Å². The van der Waals surface area contributed by atoms with Crippen molar-refractivity contribution < 1.29 is 14.3 Å². The number of aliphatic imine (C=N–C) groups is 1. The largest absolute Gasteiger partial charge is 0.496 e. The summed E-state index contributed by atoms with van der Waals surface area (Å²) in [6, 6.07) is 5.81. The third-order valence-corrected chi connectivity index (χ3v) is 6.31. The first-order chi connectivity index (χ1) is 14.5. The average Bonchev–Trinajstić information content (AvgIpc) is 2.77. The molecule has 2 aliphatic heterocycles. The molecule has 1 amide bonds. The molecule has 0 bridgehead atoms. The average molecular weight is 437 g/mol. The number of piperazine rings is 1. The highest BCUT2D eigenvalue weighted by molar-refractivity contribution is 6.30. The van der Waals surface area contributed by atoms with E-state index in [-0.39, 0.29) is 11.3 Å².